The van der Waals surface area contributed by atoms with Gasteiger partial charge in [-0.05, 0) is 24.3 Å². The average molecular weight is 302 g/mol. The fourth-order valence-electron chi connectivity index (χ4n) is 2.02. The predicted octanol–water partition coefficient (Wildman–Crippen LogP) is 4.64. The minimum Gasteiger partial charge on any atom is -0.231 e. The first-order chi connectivity index (χ1) is 9.74. The Morgan fingerprint density at radius 2 is 1.70 bits per heavy atom. The van der Waals surface area contributed by atoms with Gasteiger partial charge < -0.3 is 0 Å². The molecule has 0 unspecified atom stereocenters. The maximum Gasteiger partial charge on any atom is 0.339 e. The van der Waals surface area contributed by atoms with Crippen LogP contribution in [0.2, 0.25) is 5.02 Å². The van der Waals surface area contributed by atoms with Crippen LogP contribution in [0, 0.1) is 0 Å². The molecule has 0 amide bonds. The molecule has 0 saturated heterocycles. The molecule has 0 spiro atoms. The Hall–Kier alpha value is -1.84. The van der Waals surface area contributed by atoms with Crippen LogP contribution in [0.1, 0.15) is 0 Å². The van der Waals surface area contributed by atoms with E-state index in [4.69, 9.17) is 11.6 Å². The molecule has 0 saturated carbocycles. The van der Waals surface area contributed by atoms with E-state index >= 15 is 0 Å². The van der Waals surface area contributed by atoms with Gasteiger partial charge >= 0.3 is 5.13 Å². The van der Waals surface area contributed by atoms with E-state index in [9.17, 15) is 0 Å². The fraction of sp³-hybridized carbons (Fsp3) is 0.0625. The van der Waals surface area contributed by atoms with E-state index in [1.807, 2.05) is 30.3 Å². The van der Waals surface area contributed by atoms with E-state index in [0.29, 0.717) is 0 Å². The molecular formula is C16H14ClN2S+. The maximum atomic E-state index is 5.90. The normalized spacial score (nSPS) is 10.5. The van der Waals surface area contributed by atoms with Gasteiger partial charge in [0.2, 0.25) is 0 Å². The monoisotopic (exact) mass is 301 g/mol. The van der Waals surface area contributed by atoms with Gasteiger partial charge in [0, 0.05) is 16.0 Å². The molecule has 2 nitrogen and oxygen atoms in total. The summed E-state index contributed by atoms with van der Waals surface area (Å²) in [5.41, 5.74) is 3.45. The highest BCUT2D eigenvalue weighted by Crippen LogP contribution is 2.25. The molecule has 1 aromatic heterocycles. The third-order valence-corrected chi connectivity index (χ3v) is 4.31. The van der Waals surface area contributed by atoms with Crippen molar-refractivity contribution in [3.05, 3.63) is 65.0 Å². The van der Waals surface area contributed by atoms with Crippen LogP contribution in [0.15, 0.2) is 60.0 Å². The molecule has 0 aliphatic heterocycles. The molecule has 1 N–H and O–H groups in total. The summed E-state index contributed by atoms with van der Waals surface area (Å²) in [6.45, 7) is 0. The summed E-state index contributed by atoms with van der Waals surface area (Å²) in [6, 6.07) is 18.1. The van der Waals surface area contributed by atoms with E-state index < -0.39 is 0 Å². The second kappa shape index (κ2) is 5.65. The predicted molar refractivity (Wildman–Crippen MR) is 85.7 cm³/mol. The zero-order valence-corrected chi connectivity index (χ0v) is 12.6. The molecule has 3 aromatic rings. The SMILES string of the molecule is C[n+]1c(-c2ccccc2)csc1Nc1ccc(Cl)cc1. The number of nitrogens with one attached hydrogen (secondary N) is 1. The molecule has 0 aliphatic carbocycles. The molecule has 2 aromatic carbocycles. The van der Waals surface area contributed by atoms with Crippen LogP contribution in [-0.2, 0) is 7.05 Å². The summed E-state index contributed by atoms with van der Waals surface area (Å²) in [5.74, 6) is 0. The summed E-state index contributed by atoms with van der Waals surface area (Å²) in [6.07, 6.45) is 0. The standard InChI is InChI=1S/C16H13ClN2S/c1-19-15(12-5-3-2-4-6-12)11-20-16(19)18-14-9-7-13(17)8-10-14/h2-11H,1H3/p+1. The number of anilines is 2. The Kier molecular flexibility index (Phi) is 3.72. The van der Waals surface area contributed by atoms with Crippen LogP contribution in [0.25, 0.3) is 11.3 Å². The van der Waals surface area contributed by atoms with Crippen LogP contribution < -0.4 is 9.88 Å². The van der Waals surface area contributed by atoms with Crippen molar-refractivity contribution in [2.45, 2.75) is 0 Å². The van der Waals surface area contributed by atoms with Gasteiger partial charge in [-0.3, -0.25) is 0 Å². The second-order valence-electron chi connectivity index (χ2n) is 4.48. The van der Waals surface area contributed by atoms with Crippen molar-refractivity contribution in [2.75, 3.05) is 5.32 Å². The number of hydrogen-bond acceptors (Lipinski definition) is 2. The summed E-state index contributed by atoms with van der Waals surface area (Å²) in [5, 5.41) is 7.41. The zero-order chi connectivity index (χ0) is 13.9. The molecule has 20 heavy (non-hydrogen) atoms. The van der Waals surface area contributed by atoms with Crippen LogP contribution in [0.4, 0.5) is 10.8 Å². The summed E-state index contributed by atoms with van der Waals surface area (Å²) in [7, 11) is 2.07. The lowest BCUT2D eigenvalue weighted by atomic mass is 10.2. The first kappa shape index (κ1) is 13.2. The number of thiazole rings is 1. The molecule has 100 valence electrons. The highest BCUT2D eigenvalue weighted by molar-refractivity contribution is 7.13. The van der Waals surface area contributed by atoms with Gasteiger partial charge in [-0.1, -0.05) is 53.3 Å². The van der Waals surface area contributed by atoms with Crippen LogP contribution >= 0.6 is 22.9 Å². The van der Waals surface area contributed by atoms with Crippen LogP contribution in [-0.4, -0.2) is 0 Å². The number of halogens is 1. The Morgan fingerprint density at radius 1 is 1.00 bits per heavy atom. The Bertz CT molecular complexity index is 705. The van der Waals surface area contributed by atoms with Gasteiger partial charge in [-0.15, -0.1) is 0 Å². The average Bonchev–Trinajstić information content (AvgIpc) is 2.84. The number of benzene rings is 2. The first-order valence-electron chi connectivity index (χ1n) is 6.29. The number of rotatable bonds is 3. The highest BCUT2D eigenvalue weighted by Gasteiger charge is 2.15. The van der Waals surface area contributed by atoms with Gasteiger partial charge in [0.25, 0.3) is 0 Å². The van der Waals surface area contributed by atoms with Crippen molar-refractivity contribution in [3.8, 4) is 11.3 Å². The summed E-state index contributed by atoms with van der Waals surface area (Å²) in [4.78, 5) is 0. The van der Waals surface area contributed by atoms with Gasteiger partial charge in [0.1, 0.15) is 11.4 Å². The van der Waals surface area contributed by atoms with E-state index in [-0.39, 0.29) is 0 Å². The Labute approximate surface area is 127 Å². The van der Waals surface area contributed by atoms with E-state index in [1.54, 1.807) is 11.3 Å². The zero-order valence-electron chi connectivity index (χ0n) is 11.0. The maximum absolute atomic E-state index is 5.90. The molecule has 0 aliphatic rings. The Balaban J connectivity index is 1.89. The molecule has 0 fully saturated rings. The lowest BCUT2D eigenvalue weighted by Crippen LogP contribution is -2.30. The molecule has 1 heterocycles. The number of aromatic nitrogens is 1. The minimum atomic E-state index is 0.746. The third-order valence-electron chi connectivity index (χ3n) is 3.11. The Morgan fingerprint density at radius 3 is 2.40 bits per heavy atom. The van der Waals surface area contributed by atoms with Gasteiger partial charge in [0.05, 0.1) is 7.05 Å². The van der Waals surface area contributed by atoms with E-state index in [0.717, 1.165) is 15.8 Å². The minimum absolute atomic E-state index is 0.746. The highest BCUT2D eigenvalue weighted by atomic mass is 35.5. The smallest absolute Gasteiger partial charge is 0.231 e. The molecule has 4 heteroatoms. The lowest BCUT2D eigenvalue weighted by molar-refractivity contribution is -0.641. The number of hydrogen-bond donors (Lipinski definition) is 1. The van der Waals surface area contributed by atoms with Crippen molar-refractivity contribution in [1.29, 1.82) is 0 Å². The van der Waals surface area contributed by atoms with Crippen molar-refractivity contribution >= 4 is 33.8 Å². The van der Waals surface area contributed by atoms with Gasteiger partial charge in [-0.2, -0.15) is 0 Å². The quantitative estimate of drug-likeness (QED) is 0.697. The van der Waals surface area contributed by atoms with Gasteiger partial charge in [-0.25, -0.2) is 9.88 Å². The summed E-state index contributed by atoms with van der Waals surface area (Å²) >= 11 is 7.59. The lowest BCUT2D eigenvalue weighted by Gasteiger charge is -2.01. The number of nitrogens with zero attached hydrogens (tertiary/aromatic N) is 1. The summed E-state index contributed by atoms with van der Waals surface area (Å²) < 4.78 is 2.16. The van der Waals surface area contributed by atoms with Crippen LogP contribution in [0.3, 0.4) is 0 Å². The molecular weight excluding hydrogens is 288 g/mol. The van der Waals surface area contributed by atoms with Gasteiger partial charge in [0.15, 0.2) is 0 Å². The largest absolute Gasteiger partial charge is 0.339 e. The van der Waals surface area contributed by atoms with Crippen LogP contribution in [0.5, 0.6) is 0 Å². The van der Waals surface area contributed by atoms with Crippen molar-refractivity contribution in [2.24, 2.45) is 7.05 Å². The van der Waals surface area contributed by atoms with Crippen molar-refractivity contribution < 1.29 is 4.57 Å². The van der Waals surface area contributed by atoms with Crippen molar-refractivity contribution in [3.63, 3.8) is 0 Å². The second-order valence-corrected chi connectivity index (χ2v) is 5.78. The van der Waals surface area contributed by atoms with Crippen molar-refractivity contribution in [1.82, 2.24) is 0 Å². The topological polar surface area (TPSA) is 15.9 Å². The molecule has 0 atom stereocenters. The first-order valence-corrected chi connectivity index (χ1v) is 7.55. The molecule has 0 radical (unpaired) electrons. The third kappa shape index (κ3) is 2.69. The molecule has 3 rings (SSSR count). The van der Waals surface area contributed by atoms with E-state index in [1.165, 1.54) is 11.3 Å². The van der Waals surface area contributed by atoms with E-state index in [2.05, 4.69) is 46.6 Å². The molecule has 0 bridgehead atoms. The fourth-order valence-corrected chi connectivity index (χ4v) is 3.10.